The van der Waals surface area contributed by atoms with Crippen molar-refractivity contribution >= 4 is 34.7 Å². The lowest BCUT2D eigenvalue weighted by Crippen LogP contribution is -2.23. The molecule has 7 heteroatoms. The molecule has 0 fully saturated rings. The fourth-order valence-corrected chi connectivity index (χ4v) is 3.52. The van der Waals surface area contributed by atoms with E-state index in [1.807, 2.05) is 43.3 Å². The lowest BCUT2D eigenvalue weighted by Gasteiger charge is -2.12. The van der Waals surface area contributed by atoms with Crippen molar-refractivity contribution in [1.29, 1.82) is 0 Å². The molecular weight excluding hydrogens is 374 g/mol. The molecule has 6 nitrogen and oxygen atoms in total. The number of amides is 1. The van der Waals surface area contributed by atoms with E-state index in [9.17, 15) is 9.59 Å². The molecule has 0 aliphatic carbocycles. The molecule has 144 valence electrons. The van der Waals surface area contributed by atoms with Gasteiger partial charge in [-0.25, -0.2) is 14.8 Å². The summed E-state index contributed by atoms with van der Waals surface area (Å²) < 4.78 is 5.49. The zero-order valence-electron chi connectivity index (χ0n) is 16.0. The molecule has 0 saturated heterocycles. The summed E-state index contributed by atoms with van der Waals surface area (Å²) in [6.07, 6.45) is 0. The summed E-state index contributed by atoms with van der Waals surface area (Å²) in [7, 11) is 3.41. The number of carbonyl (C=O) groups excluding carboxylic acids is 2. The average molecular weight is 395 g/mol. The van der Waals surface area contributed by atoms with E-state index in [2.05, 4.69) is 9.97 Å². The van der Waals surface area contributed by atoms with Gasteiger partial charge in [0, 0.05) is 19.0 Å². The first-order valence-electron chi connectivity index (χ1n) is 8.77. The fourth-order valence-electron chi connectivity index (χ4n) is 2.50. The highest BCUT2D eigenvalue weighted by atomic mass is 32.2. The molecule has 0 unspecified atom stereocenters. The van der Waals surface area contributed by atoms with Crippen LogP contribution in [0, 0.1) is 6.92 Å². The minimum atomic E-state index is -0.449. The number of aromatic nitrogens is 2. The van der Waals surface area contributed by atoms with Crippen molar-refractivity contribution in [3.8, 4) is 0 Å². The third-order valence-corrected chi connectivity index (χ3v) is 5.20. The van der Waals surface area contributed by atoms with Crippen LogP contribution in [0.2, 0.25) is 0 Å². The zero-order chi connectivity index (χ0) is 20.1. The van der Waals surface area contributed by atoms with Gasteiger partial charge in [0.25, 0.3) is 0 Å². The highest BCUT2D eigenvalue weighted by Gasteiger charge is 2.16. The van der Waals surface area contributed by atoms with Crippen LogP contribution in [0.3, 0.4) is 0 Å². The maximum Gasteiger partial charge on any atom is 0.339 e. The standard InChI is InChI=1S/C21H21N3O3S/c1-14-18(23-17-10-6-5-9-16(17)22-14)12-27-21(26)15-8-4-7-11-19(15)28-13-20(25)24(2)3/h4-11H,12-13H2,1-3H3. The molecule has 1 aromatic heterocycles. The first-order chi connectivity index (χ1) is 13.5. The molecule has 28 heavy (non-hydrogen) atoms. The van der Waals surface area contributed by atoms with Gasteiger partial charge in [-0.05, 0) is 31.2 Å². The van der Waals surface area contributed by atoms with E-state index in [1.165, 1.54) is 16.7 Å². The van der Waals surface area contributed by atoms with E-state index in [4.69, 9.17) is 4.74 Å². The molecule has 0 aliphatic rings. The lowest BCUT2D eigenvalue weighted by atomic mass is 10.2. The van der Waals surface area contributed by atoms with Gasteiger partial charge in [0.15, 0.2) is 0 Å². The van der Waals surface area contributed by atoms with Gasteiger partial charge in [-0.15, -0.1) is 11.8 Å². The number of fused-ring (bicyclic) bond motifs is 1. The molecule has 1 heterocycles. The second-order valence-corrected chi connectivity index (χ2v) is 7.41. The van der Waals surface area contributed by atoms with E-state index in [0.717, 1.165) is 16.7 Å². The molecule has 1 amide bonds. The Morgan fingerprint density at radius 3 is 2.36 bits per heavy atom. The summed E-state index contributed by atoms with van der Waals surface area (Å²) >= 11 is 1.32. The van der Waals surface area contributed by atoms with E-state index in [1.54, 1.807) is 26.2 Å². The molecule has 3 rings (SSSR count). The van der Waals surface area contributed by atoms with E-state index < -0.39 is 5.97 Å². The molecular formula is C21H21N3O3S. The monoisotopic (exact) mass is 395 g/mol. The van der Waals surface area contributed by atoms with E-state index in [-0.39, 0.29) is 18.3 Å². The fraction of sp³-hybridized carbons (Fsp3) is 0.238. The molecule has 0 aliphatic heterocycles. The largest absolute Gasteiger partial charge is 0.455 e. The number of carbonyl (C=O) groups is 2. The molecule has 0 radical (unpaired) electrons. The van der Waals surface area contributed by atoms with Crippen LogP contribution in [0.25, 0.3) is 11.0 Å². The molecule has 0 atom stereocenters. The summed E-state index contributed by atoms with van der Waals surface area (Å²) in [4.78, 5) is 35.7. The van der Waals surface area contributed by atoms with Crippen molar-refractivity contribution in [2.45, 2.75) is 18.4 Å². The van der Waals surface area contributed by atoms with Crippen LogP contribution < -0.4 is 0 Å². The van der Waals surface area contributed by atoms with Crippen molar-refractivity contribution < 1.29 is 14.3 Å². The van der Waals surface area contributed by atoms with Crippen LogP contribution >= 0.6 is 11.8 Å². The molecule has 0 bridgehead atoms. The van der Waals surface area contributed by atoms with Crippen LogP contribution in [0.15, 0.2) is 53.4 Å². The van der Waals surface area contributed by atoms with Gasteiger partial charge >= 0.3 is 5.97 Å². The van der Waals surface area contributed by atoms with Gasteiger partial charge in [-0.3, -0.25) is 4.79 Å². The number of rotatable bonds is 6. The minimum Gasteiger partial charge on any atom is -0.455 e. The number of thioether (sulfide) groups is 1. The van der Waals surface area contributed by atoms with Crippen LogP contribution in [-0.2, 0) is 16.1 Å². The molecule has 0 saturated carbocycles. The number of hydrogen-bond acceptors (Lipinski definition) is 6. The van der Waals surface area contributed by atoms with Gasteiger partial charge < -0.3 is 9.64 Å². The van der Waals surface area contributed by atoms with Crippen molar-refractivity contribution in [3.05, 3.63) is 65.5 Å². The third kappa shape index (κ3) is 4.67. The highest BCUT2D eigenvalue weighted by Crippen LogP contribution is 2.24. The van der Waals surface area contributed by atoms with Gasteiger partial charge in [0.1, 0.15) is 6.61 Å². The lowest BCUT2D eigenvalue weighted by molar-refractivity contribution is -0.125. The maximum atomic E-state index is 12.6. The number of benzene rings is 2. The summed E-state index contributed by atoms with van der Waals surface area (Å²) in [6.45, 7) is 1.89. The summed E-state index contributed by atoms with van der Waals surface area (Å²) in [5, 5.41) is 0. The minimum absolute atomic E-state index is 0.0183. The number of nitrogens with zero attached hydrogens (tertiary/aromatic N) is 3. The van der Waals surface area contributed by atoms with Crippen molar-refractivity contribution in [1.82, 2.24) is 14.9 Å². The van der Waals surface area contributed by atoms with Crippen molar-refractivity contribution in [2.24, 2.45) is 0 Å². The van der Waals surface area contributed by atoms with Crippen LogP contribution in [0.1, 0.15) is 21.7 Å². The number of para-hydroxylation sites is 2. The summed E-state index contributed by atoms with van der Waals surface area (Å²) in [5.74, 6) is -0.211. The Bertz CT molecular complexity index is 1020. The Kier molecular flexibility index (Phi) is 6.26. The number of aryl methyl sites for hydroxylation is 1. The Morgan fingerprint density at radius 1 is 1.00 bits per heavy atom. The SMILES string of the molecule is Cc1nc2ccccc2nc1COC(=O)c1ccccc1SCC(=O)N(C)C. The summed E-state index contributed by atoms with van der Waals surface area (Å²) in [5.41, 5.74) is 3.36. The number of esters is 1. The molecule has 0 N–H and O–H groups in total. The van der Waals surface area contributed by atoms with Gasteiger partial charge in [0.05, 0.1) is 33.7 Å². The zero-order valence-corrected chi connectivity index (χ0v) is 16.8. The molecule has 3 aromatic rings. The topological polar surface area (TPSA) is 72.4 Å². The predicted octanol–water partition coefficient (Wildman–Crippen LogP) is 3.48. The second kappa shape index (κ2) is 8.84. The van der Waals surface area contributed by atoms with Gasteiger partial charge in [0.2, 0.25) is 5.91 Å². The number of hydrogen-bond donors (Lipinski definition) is 0. The normalized spacial score (nSPS) is 10.7. The molecule has 2 aromatic carbocycles. The average Bonchev–Trinajstić information content (AvgIpc) is 2.70. The second-order valence-electron chi connectivity index (χ2n) is 6.39. The van der Waals surface area contributed by atoms with E-state index in [0.29, 0.717) is 16.2 Å². The Morgan fingerprint density at radius 2 is 1.64 bits per heavy atom. The predicted molar refractivity (Wildman–Crippen MR) is 109 cm³/mol. The first kappa shape index (κ1) is 19.8. The Hall–Kier alpha value is -2.93. The first-order valence-corrected chi connectivity index (χ1v) is 9.75. The Balaban J connectivity index is 1.72. The molecule has 0 spiro atoms. The maximum absolute atomic E-state index is 12.6. The van der Waals surface area contributed by atoms with Gasteiger partial charge in [-0.2, -0.15) is 0 Å². The van der Waals surface area contributed by atoms with E-state index >= 15 is 0 Å². The van der Waals surface area contributed by atoms with Gasteiger partial charge in [-0.1, -0.05) is 24.3 Å². The van der Waals surface area contributed by atoms with Crippen LogP contribution in [0.5, 0.6) is 0 Å². The number of ether oxygens (including phenoxy) is 1. The van der Waals surface area contributed by atoms with Crippen LogP contribution in [0.4, 0.5) is 0 Å². The summed E-state index contributed by atoms with van der Waals surface area (Å²) in [6, 6.07) is 14.7. The van der Waals surface area contributed by atoms with Crippen molar-refractivity contribution in [3.63, 3.8) is 0 Å². The smallest absolute Gasteiger partial charge is 0.339 e. The Labute approximate surface area is 167 Å². The third-order valence-electron chi connectivity index (χ3n) is 4.14. The quantitative estimate of drug-likeness (QED) is 0.470. The highest BCUT2D eigenvalue weighted by molar-refractivity contribution is 8.00. The van der Waals surface area contributed by atoms with Crippen molar-refractivity contribution in [2.75, 3.05) is 19.8 Å². The van der Waals surface area contributed by atoms with Crippen LogP contribution in [-0.4, -0.2) is 46.6 Å².